The van der Waals surface area contributed by atoms with E-state index in [1.54, 1.807) is 0 Å². The van der Waals surface area contributed by atoms with E-state index in [1.807, 2.05) is 12.4 Å². The highest BCUT2D eigenvalue weighted by atomic mass is 16.5. The number of benzene rings is 1. The van der Waals surface area contributed by atoms with Gasteiger partial charge in [-0.1, -0.05) is 6.07 Å². The van der Waals surface area contributed by atoms with E-state index in [4.69, 9.17) is 4.74 Å². The molecule has 3 aliphatic rings. The lowest BCUT2D eigenvalue weighted by Gasteiger charge is -2.49. The minimum Gasteiger partial charge on any atom is -0.487 e. The first-order valence-electron chi connectivity index (χ1n) is 9.22. The van der Waals surface area contributed by atoms with Gasteiger partial charge in [0.1, 0.15) is 11.9 Å². The molecule has 4 nitrogen and oxygen atoms in total. The third kappa shape index (κ3) is 2.61. The Hall–Kier alpha value is -2.33. The summed E-state index contributed by atoms with van der Waals surface area (Å²) >= 11 is 0. The number of hydrogen-bond donors (Lipinski definition) is 1. The van der Waals surface area contributed by atoms with Crippen molar-refractivity contribution in [1.82, 2.24) is 14.9 Å². The van der Waals surface area contributed by atoms with Crippen molar-refractivity contribution in [1.29, 1.82) is 0 Å². The Labute approximate surface area is 147 Å². The minimum atomic E-state index is 0.298. The van der Waals surface area contributed by atoms with Gasteiger partial charge >= 0.3 is 0 Å². The first-order chi connectivity index (χ1) is 12.3. The van der Waals surface area contributed by atoms with Gasteiger partial charge in [0, 0.05) is 28.7 Å². The van der Waals surface area contributed by atoms with Crippen molar-refractivity contribution in [2.24, 2.45) is 5.92 Å². The van der Waals surface area contributed by atoms with Crippen molar-refractivity contribution in [2.45, 2.75) is 31.9 Å². The van der Waals surface area contributed by atoms with E-state index < -0.39 is 0 Å². The van der Waals surface area contributed by atoms with Crippen LogP contribution in [-0.4, -0.2) is 40.1 Å². The lowest BCUT2D eigenvalue weighted by Crippen LogP contribution is -2.58. The predicted octanol–water partition coefficient (Wildman–Crippen LogP) is 4.09. The molecular formula is C21H23N3O. The number of nitrogens with zero attached hydrogens (tertiary/aromatic N) is 2. The summed E-state index contributed by atoms with van der Waals surface area (Å²) in [6.45, 7) is 4.75. The maximum Gasteiger partial charge on any atom is 0.138 e. The molecule has 0 amide bonds. The molecule has 0 saturated carbocycles. The lowest BCUT2D eigenvalue weighted by atomic mass is 9.81. The van der Waals surface area contributed by atoms with Crippen molar-refractivity contribution in [3.05, 3.63) is 48.8 Å². The molecule has 128 valence electrons. The molecule has 1 N–H and O–H groups in total. The zero-order valence-electron chi connectivity index (χ0n) is 14.5. The highest BCUT2D eigenvalue weighted by Gasteiger charge is 2.41. The second-order valence-electron chi connectivity index (χ2n) is 7.36. The number of aromatic amines is 1. The zero-order chi connectivity index (χ0) is 16.8. The average Bonchev–Trinajstić information content (AvgIpc) is 3.13. The largest absolute Gasteiger partial charge is 0.487 e. The number of ether oxygens (including phenoxy) is 1. The molecule has 0 aliphatic carbocycles. The molecule has 3 aromatic rings. The predicted molar refractivity (Wildman–Crippen MR) is 99.7 cm³/mol. The Morgan fingerprint density at radius 2 is 2.00 bits per heavy atom. The smallest absolute Gasteiger partial charge is 0.138 e. The number of nitrogens with one attached hydrogen (secondary N) is 1. The molecule has 3 aliphatic heterocycles. The maximum atomic E-state index is 6.34. The minimum absolute atomic E-state index is 0.298. The fourth-order valence-electron chi connectivity index (χ4n) is 4.44. The topological polar surface area (TPSA) is 41.1 Å². The molecule has 0 spiro atoms. The van der Waals surface area contributed by atoms with Crippen LogP contribution in [0.25, 0.3) is 22.2 Å². The van der Waals surface area contributed by atoms with Crippen LogP contribution < -0.4 is 4.74 Å². The van der Waals surface area contributed by atoms with E-state index in [1.165, 1.54) is 31.3 Å². The standard InChI is InChI=1S/C21H23N3O/c1-14-21(15-7-10-24(14)11-8-15)25-18-3-5-20(23-13-18)16-2-4-19-17(12-16)6-9-22-19/h2-6,9,12-15,21-22H,7-8,10-11H2,1H3/t14-,21+/m0/s1. The molecule has 0 radical (unpaired) electrons. The Morgan fingerprint density at radius 1 is 1.12 bits per heavy atom. The molecule has 0 unspecified atom stereocenters. The summed E-state index contributed by atoms with van der Waals surface area (Å²) in [5.74, 6) is 1.58. The van der Waals surface area contributed by atoms with Crippen LogP contribution in [0.4, 0.5) is 0 Å². The third-order valence-corrected chi connectivity index (χ3v) is 5.95. The number of aromatic nitrogens is 2. The molecule has 2 atom stereocenters. The van der Waals surface area contributed by atoms with Gasteiger partial charge in [-0.25, -0.2) is 0 Å². The maximum absolute atomic E-state index is 6.34. The first kappa shape index (κ1) is 15.0. The van der Waals surface area contributed by atoms with E-state index in [2.05, 4.69) is 58.2 Å². The molecule has 2 aromatic heterocycles. The molecule has 6 rings (SSSR count). The fraction of sp³-hybridized carbons (Fsp3) is 0.381. The second kappa shape index (κ2) is 5.88. The van der Waals surface area contributed by atoms with Crippen molar-refractivity contribution < 1.29 is 4.74 Å². The number of pyridine rings is 1. The van der Waals surface area contributed by atoms with Crippen LogP contribution in [0.3, 0.4) is 0 Å². The summed E-state index contributed by atoms with van der Waals surface area (Å²) in [7, 11) is 0. The van der Waals surface area contributed by atoms with Crippen LogP contribution in [0.1, 0.15) is 19.8 Å². The number of rotatable bonds is 3. The van der Waals surface area contributed by atoms with E-state index in [0.29, 0.717) is 18.1 Å². The lowest BCUT2D eigenvalue weighted by molar-refractivity contribution is -0.0508. The Kier molecular flexibility index (Phi) is 3.52. The van der Waals surface area contributed by atoms with Gasteiger partial charge in [0.15, 0.2) is 0 Å². The zero-order valence-corrected chi connectivity index (χ0v) is 14.5. The molecule has 2 bridgehead atoms. The van der Waals surface area contributed by atoms with Crippen molar-refractivity contribution in [3.8, 4) is 17.0 Å². The van der Waals surface area contributed by atoms with E-state index in [9.17, 15) is 0 Å². The Morgan fingerprint density at radius 3 is 2.76 bits per heavy atom. The summed E-state index contributed by atoms with van der Waals surface area (Å²) in [5.41, 5.74) is 3.27. The molecular weight excluding hydrogens is 310 g/mol. The van der Waals surface area contributed by atoms with Crippen molar-refractivity contribution in [2.75, 3.05) is 13.1 Å². The van der Waals surface area contributed by atoms with Crippen LogP contribution in [0.15, 0.2) is 48.8 Å². The van der Waals surface area contributed by atoms with Crippen molar-refractivity contribution in [3.63, 3.8) is 0 Å². The fourth-order valence-corrected chi connectivity index (χ4v) is 4.44. The summed E-state index contributed by atoms with van der Waals surface area (Å²) in [5, 5.41) is 1.21. The van der Waals surface area contributed by atoms with Crippen LogP contribution >= 0.6 is 0 Å². The van der Waals surface area contributed by atoms with Gasteiger partial charge in [0.05, 0.1) is 11.9 Å². The van der Waals surface area contributed by atoms with Gasteiger partial charge < -0.3 is 9.72 Å². The molecule has 3 saturated heterocycles. The van der Waals surface area contributed by atoms with Gasteiger partial charge in [-0.15, -0.1) is 0 Å². The summed E-state index contributed by atoms with van der Waals surface area (Å²) < 4.78 is 6.34. The monoisotopic (exact) mass is 333 g/mol. The van der Waals surface area contributed by atoms with Crippen LogP contribution in [-0.2, 0) is 0 Å². The van der Waals surface area contributed by atoms with Gasteiger partial charge in [-0.2, -0.15) is 0 Å². The Bertz CT molecular complexity index is 876. The van der Waals surface area contributed by atoms with E-state index >= 15 is 0 Å². The van der Waals surface area contributed by atoms with Gasteiger partial charge in [-0.3, -0.25) is 9.88 Å². The molecule has 4 heteroatoms. The van der Waals surface area contributed by atoms with Gasteiger partial charge in [0.25, 0.3) is 0 Å². The number of fused-ring (bicyclic) bond motifs is 4. The molecule has 25 heavy (non-hydrogen) atoms. The quantitative estimate of drug-likeness (QED) is 0.785. The van der Waals surface area contributed by atoms with Crippen LogP contribution in [0.2, 0.25) is 0 Å². The normalized spacial score (nSPS) is 28.4. The third-order valence-electron chi connectivity index (χ3n) is 5.95. The SMILES string of the molecule is C[C@H]1[C@@H](Oc2ccc(-c3ccc4[nH]ccc4c3)nc2)C2CCN1CC2. The van der Waals surface area contributed by atoms with Gasteiger partial charge in [0.2, 0.25) is 0 Å². The molecule has 5 heterocycles. The summed E-state index contributed by atoms with van der Waals surface area (Å²) in [6, 6.07) is 13.1. The summed E-state index contributed by atoms with van der Waals surface area (Å²) in [4.78, 5) is 10.4. The van der Waals surface area contributed by atoms with Crippen LogP contribution in [0, 0.1) is 5.92 Å². The highest BCUT2D eigenvalue weighted by molar-refractivity contribution is 5.84. The second-order valence-corrected chi connectivity index (χ2v) is 7.36. The number of H-pyrrole nitrogens is 1. The van der Waals surface area contributed by atoms with E-state index in [-0.39, 0.29) is 0 Å². The first-order valence-corrected chi connectivity index (χ1v) is 9.22. The van der Waals surface area contributed by atoms with E-state index in [0.717, 1.165) is 22.5 Å². The average molecular weight is 333 g/mol. The number of hydrogen-bond acceptors (Lipinski definition) is 3. The molecule has 1 aromatic carbocycles. The highest BCUT2D eigenvalue weighted by Crippen LogP contribution is 2.35. The summed E-state index contributed by atoms with van der Waals surface area (Å²) in [6.07, 6.45) is 6.66. The number of piperidine rings is 3. The Balaban J connectivity index is 1.36. The molecule has 3 fully saturated rings. The van der Waals surface area contributed by atoms with Crippen LogP contribution in [0.5, 0.6) is 5.75 Å². The van der Waals surface area contributed by atoms with Crippen molar-refractivity contribution >= 4 is 10.9 Å². The van der Waals surface area contributed by atoms with Gasteiger partial charge in [-0.05, 0) is 69.1 Å².